The fourth-order valence-corrected chi connectivity index (χ4v) is 3.47. The van der Waals surface area contributed by atoms with E-state index in [1.807, 2.05) is 32.0 Å². The first-order valence-electron chi connectivity index (χ1n) is 9.45. The van der Waals surface area contributed by atoms with Crippen LogP contribution >= 0.6 is 0 Å². The van der Waals surface area contributed by atoms with E-state index in [1.165, 1.54) is 18.4 Å². The minimum atomic E-state index is -0.711. The largest absolute Gasteiger partial charge is 0.491 e. The van der Waals surface area contributed by atoms with Crippen molar-refractivity contribution in [3.63, 3.8) is 0 Å². The number of rotatable bonds is 10. The number of ether oxygens (including phenoxy) is 1. The summed E-state index contributed by atoms with van der Waals surface area (Å²) in [4.78, 5) is 13.3. The lowest BCUT2D eigenvalue weighted by Crippen LogP contribution is -2.54. The molecule has 0 atom stereocenters. The van der Waals surface area contributed by atoms with Crippen molar-refractivity contribution in [3.8, 4) is 5.75 Å². The summed E-state index contributed by atoms with van der Waals surface area (Å²) in [5, 5.41) is 12.7. The van der Waals surface area contributed by atoms with E-state index in [0.717, 1.165) is 37.6 Å². The molecule has 5 nitrogen and oxygen atoms in total. The molecule has 0 aliphatic heterocycles. The molecule has 2 saturated carbocycles. The van der Waals surface area contributed by atoms with Crippen LogP contribution in [-0.2, 0) is 11.3 Å². The standard InChI is InChI=1S/C20H30N2O3/c1-14(2)25-19-6-4-3-5-16(19)11-21-17-9-18(10-17)22(13-20(23)24)12-15-7-8-15/h3-6,14-15,17-18,21H,7-13H2,1-2H3,(H,23,24). The molecule has 0 saturated heterocycles. The highest BCUT2D eigenvalue weighted by atomic mass is 16.5. The summed E-state index contributed by atoms with van der Waals surface area (Å²) >= 11 is 0. The minimum Gasteiger partial charge on any atom is -0.491 e. The summed E-state index contributed by atoms with van der Waals surface area (Å²) in [6.45, 7) is 6.00. The number of hydrogen-bond donors (Lipinski definition) is 2. The Hall–Kier alpha value is -1.59. The number of carboxylic acid groups (broad SMARTS) is 1. The first kappa shape index (κ1) is 18.2. The second-order valence-corrected chi connectivity index (χ2v) is 7.74. The van der Waals surface area contributed by atoms with Gasteiger partial charge in [-0.15, -0.1) is 0 Å². The van der Waals surface area contributed by atoms with Crippen molar-refractivity contribution in [1.29, 1.82) is 0 Å². The average Bonchev–Trinajstić information content (AvgIpc) is 3.30. The molecule has 0 bridgehead atoms. The molecule has 5 heteroatoms. The van der Waals surface area contributed by atoms with Gasteiger partial charge in [-0.3, -0.25) is 9.69 Å². The lowest BCUT2D eigenvalue weighted by molar-refractivity contribution is -0.139. The van der Waals surface area contributed by atoms with Crippen LogP contribution in [0.5, 0.6) is 5.75 Å². The molecule has 2 aliphatic rings. The van der Waals surface area contributed by atoms with E-state index in [1.54, 1.807) is 0 Å². The van der Waals surface area contributed by atoms with Crippen LogP contribution in [0.15, 0.2) is 24.3 Å². The summed E-state index contributed by atoms with van der Waals surface area (Å²) in [6.07, 6.45) is 4.76. The smallest absolute Gasteiger partial charge is 0.317 e. The quantitative estimate of drug-likeness (QED) is 0.682. The van der Waals surface area contributed by atoms with Crippen molar-refractivity contribution in [2.24, 2.45) is 5.92 Å². The molecule has 0 heterocycles. The number of hydrogen-bond acceptors (Lipinski definition) is 4. The number of nitrogens with zero attached hydrogens (tertiary/aromatic N) is 1. The van der Waals surface area contributed by atoms with Crippen molar-refractivity contribution in [2.45, 2.75) is 64.3 Å². The molecule has 138 valence electrons. The number of carboxylic acids is 1. The second-order valence-electron chi connectivity index (χ2n) is 7.74. The van der Waals surface area contributed by atoms with E-state index < -0.39 is 5.97 Å². The predicted octanol–water partition coefficient (Wildman–Crippen LogP) is 2.89. The van der Waals surface area contributed by atoms with Gasteiger partial charge in [0.2, 0.25) is 0 Å². The normalized spacial score (nSPS) is 22.9. The highest BCUT2D eigenvalue weighted by Crippen LogP contribution is 2.34. The molecule has 0 radical (unpaired) electrons. The summed E-state index contributed by atoms with van der Waals surface area (Å²) in [6, 6.07) is 9.04. The Morgan fingerprint density at radius 1 is 1.32 bits per heavy atom. The van der Waals surface area contributed by atoms with Crippen LogP contribution in [0.1, 0.15) is 45.1 Å². The highest BCUT2D eigenvalue weighted by Gasteiger charge is 2.36. The Morgan fingerprint density at radius 3 is 2.68 bits per heavy atom. The maximum atomic E-state index is 11.1. The van der Waals surface area contributed by atoms with E-state index in [9.17, 15) is 4.79 Å². The number of aliphatic carboxylic acids is 1. The van der Waals surface area contributed by atoms with Gasteiger partial charge in [-0.25, -0.2) is 0 Å². The molecule has 1 aromatic carbocycles. The molecule has 25 heavy (non-hydrogen) atoms. The molecule has 2 N–H and O–H groups in total. The SMILES string of the molecule is CC(C)Oc1ccccc1CNC1CC(N(CC(=O)O)CC2CC2)C1. The van der Waals surface area contributed by atoms with Crippen molar-refractivity contribution in [2.75, 3.05) is 13.1 Å². The number of nitrogens with one attached hydrogen (secondary N) is 1. The average molecular weight is 346 g/mol. The molecule has 0 unspecified atom stereocenters. The third-order valence-electron chi connectivity index (χ3n) is 5.07. The summed E-state index contributed by atoms with van der Waals surface area (Å²) in [5.41, 5.74) is 1.18. The van der Waals surface area contributed by atoms with Gasteiger partial charge < -0.3 is 15.2 Å². The molecular weight excluding hydrogens is 316 g/mol. The summed E-state index contributed by atoms with van der Waals surface area (Å²) < 4.78 is 5.87. The number of carbonyl (C=O) groups is 1. The van der Waals surface area contributed by atoms with Crippen LogP contribution in [-0.4, -0.2) is 47.3 Å². The van der Waals surface area contributed by atoms with Gasteiger partial charge in [0.25, 0.3) is 0 Å². The van der Waals surface area contributed by atoms with Crippen molar-refractivity contribution >= 4 is 5.97 Å². The third kappa shape index (κ3) is 5.44. The van der Waals surface area contributed by atoms with Gasteiger partial charge in [-0.05, 0) is 51.5 Å². The van der Waals surface area contributed by atoms with Gasteiger partial charge >= 0.3 is 5.97 Å². The van der Waals surface area contributed by atoms with E-state index in [4.69, 9.17) is 9.84 Å². The minimum absolute atomic E-state index is 0.168. The van der Waals surface area contributed by atoms with Crippen molar-refractivity contribution in [1.82, 2.24) is 10.2 Å². The highest BCUT2D eigenvalue weighted by molar-refractivity contribution is 5.69. The topological polar surface area (TPSA) is 61.8 Å². The molecule has 2 aliphatic carbocycles. The third-order valence-corrected chi connectivity index (χ3v) is 5.07. The maximum absolute atomic E-state index is 11.1. The Kier molecular flexibility index (Phi) is 5.97. The van der Waals surface area contributed by atoms with Crippen LogP contribution < -0.4 is 10.1 Å². The number of para-hydroxylation sites is 1. The molecule has 1 aromatic rings. The molecular formula is C20H30N2O3. The van der Waals surface area contributed by atoms with Gasteiger partial charge in [0.1, 0.15) is 5.75 Å². The molecule has 0 aromatic heterocycles. The van der Waals surface area contributed by atoms with Gasteiger partial charge in [-0.1, -0.05) is 18.2 Å². The first-order chi connectivity index (χ1) is 12.0. The zero-order chi connectivity index (χ0) is 17.8. The first-order valence-corrected chi connectivity index (χ1v) is 9.45. The Morgan fingerprint density at radius 2 is 2.04 bits per heavy atom. The molecule has 0 amide bonds. The predicted molar refractivity (Wildman–Crippen MR) is 97.8 cm³/mol. The van der Waals surface area contributed by atoms with Gasteiger partial charge in [-0.2, -0.15) is 0 Å². The Balaban J connectivity index is 1.46. The van der Waals surface area contributed by atoms with Crippen molar-refractivity contribution in [3.05, 3.63) is 29.8 Å². The lowest BCUT2D eigenvalue weighted by Gasteiger charge is -2.43. The van der Waals surface area contributed by atoms with Crippen LogP contribution in [0.2, 0.25) is 0 Å². The Labute approximate surface area is 150 Å². The monoisotopic (exact) mass is 346 g/mol. The maximum Gasteiger partial charge on any atom is 0.317 e. The second kappa shape index (κ2) is 8.19. The van der Waals surface area contributed by atoms with Crippen LogP contribution in [0.4, 0.5) is 0 Å². The molecule has 3 rings (SSSR count). The van der Waals surface area contributed by atoms with E-state index in [0.29, 0.717) is 12.1 Å². The lowest BCUT2D eigenvalue weighted by atomic mass is 9.85. The fourth-order valence-electron chi connectivity index (χ4n) is 3.47. The van der Waals surface area contributed by atoms with Gasteiger partial charge in [0.05, 0.1) is 12.6 Å². The molecule has 0 spiro atoms. The summed E-state index contributed by atoms with van der Waals surface area (Å²) in [5.74, 6) is 0.963. The van der Waals surface area contributed by atoms with Crippen LogP contribution in [0, 0.1) is 5.92 Å². The van der Waals surface area contributed by atoms with Crippen LogP contribution in [0.25, 0.3) is 0 Å². The zero-order valence-corrected chi connectivity index (χ0v) is 15.3. The van der Waals surface area contributed by atoms with Gasteiger partial charge in [0, 0.05) is 30.7 Å². The van der Waals surface area contributed by atoms with Crippen LogP contribution in [0.3, 0.4) is 0 Å². The zero-order valence-electron chi connectivity index (χ0n) is 15.3. The Bertz CT molecular complexity index is 580. The van der Waals surface area contributed by atoms with E-state index in [-0.39, 0.29) is 12.6 Å². The van der Waals surface area contributed by atoms with Gasteiger partial charge in [0.15, 0.2) is 0 Å². The number of benzene rings is 1. The molecule has 2 fully saturated rings. The fraction of sp³-hybridized carbons (Fsp3) is 0.650. The van der Waals surface area contributed by atoms with Crippen molar-refractivity contribution < 1.29 is 14.6 Å². The van der Waals surface area contributed by atoms with E-state index in [2.05, 4.69) is 16.3 Å². The van der Waals surface area contributed by atoms with E-state index >= 15 is 0 Å². The summed E-state index contributed by atoms with van der Waals surface area (Å²) in [7, 11) is 0.